The van der Waals surface area contributed by atoms with Crippen LogP contribution in [0.5, 0.6) is 0 Å². The van der Waals surface area contributed by atoms with E-state index >= 15 is 0 Å². The standard InChI is InChI=1S/C12H16BrNO3S/c1-8-11(5-6-17-8)18(15,16)7-9-3-2-4-10(14)12(9)13/h2-4,8,11H,5-7,14H2,1H3. The van der Waals surface area contributed by atoms with E-state index in [9.17, 15) is 8.42 Å². The van der Waals surface area contributed by atoms with Crippen molar-refractivity contribution in [3.8, 4) is 0 Å². The van der Waals surface area contributed by atoms with Crippen molar-refractivity contribution in [1.82, 2.24) is 0 Å². The Kier molecular flexibility index (Phi) is 3.99. The molecule has 1 fully saturated rings. The summed E-state index contributed by atoms with van der Waals surface area (Å²) in [7, 11) is -3.21. The fraction of sp³-hybridized carbons (Fsp3) is 0.500. The first-order valence-electron chi connectivity index (χ1n) is 5.78. The van der Waals surface area contributed by atoms with E-state index in [1.165, 1.54) is 0 Å². The van der Waals surface area contributed by atoms with E-state index in [1.54, 1.807) is 18.2 Å². The third kappa shape index (κ3) is 2.70. The molecule has 1 aromatic carbocycles. The molecule has 0 saturated carbocycles. The van der Waals surface area contributed by atoms with Crippen LogP contribution in [0.15, 0.2) is 22.7 Å². The zero-order valence-corrected chi connectivity index (χ0v) is 12.5. The number of anilines is 1. The molecule has 6 heteroatoms. The molecule has 0 bridgehead atoms. The zero-order valence-electron chi connectivity index (χ0n) is 10.1. The predicted molar refractivity (Wildman–Crippen MR) is 75.0 cm³/mol. The van der Waals surface area contributed by atoms with Crippen molar-refractivity contribution in [2.45, 2.75) is 30.5 Å². The van der Waals surface area contributed by atoms with Crippen LogP contribution in [0.1, 0.15) is 18.9 Å². The number of sulfone groups is 1. The average molecular weight is 334 g/mol. The van der Waals surface area contributed by atoms with E-state index in [-0.39, 0.29) is 11.9 Å². The van der Waals surface area contributed by atoms with Crippen molar-refractivity contribution in [3.05, 3.63) is 28.2 Å². The Labute approximate surface area is 116 Å². The fourth-order valence-electron chi connectivity index (χ4n) is 2.22. The SMILES string of the molecule is CC1OCCC1S(=O)(=O)Cc1cccc(N)c1Br. The van der Waals surface area contributed by atoms with E-state index in [2.05, 4.69) is 15.9 Å². The Morgan fingerprint density at radius 1 is 1.50 bits per heavy atom. The van der Waals surface area contributed by atoms with Crippen LogP contribution >= 0.6 is 15.9 Å². The third-order valence-corrected chi connectivity index (χ3v) is 6.46. The fourth-order valence-corrected chi connectivity index (χ4v) is 4.81. The molecule has 0 aliphatic carbocycles. The molecule has 0 spiro atoms. The van der Waals surface area contributed by atoms with Gasteiger partial charge in [0.05, 0.1) is 17.1 Å². The Morgan fingerprint density at radius 2 is 2.22 bits per heavy atom. The molecule has 2 unspecified atom stereocenters. The minimum absolute atomic E-state index is 0.00299. The first-order valence-corrected chi connectivity index (χ1v) is 8.28. The van der Waals surface area contributed by atoms with Gasteiger partial charge in [-0.25, -0.2) is 8.42 Å². The van der Waals surface area contributed by atoms with E-state index < -0.39 is 15.1 Å². The highest BCUT2D eigenvalue weighted by Gasteiger charge is 2.35. The van der Waals surface area contributed by atoms with Gasteiger partial charge in [0.1, 0.15) is 0 Å². The summed E-state index contributed by atoms with van der Waals surface area (Å²) in [5, 5.41) is -0.411. The molecule has 2 rings (SSSR count). The van der Waals surface area contributed by atoms with Crippen LogP contribution in [0.3, 0.4) is 0 Å². The Morgan fingerprint density at radius 3 is 2.83 bits per heavy atom. The van der Waals surface area contributed by atoms with Gasteiger partial charge in [-0.3, -0.25) is 0 Å². The monoisotopic (exact) mass is 333 g/mol. The zero-order chi connectivity index (χ0) is 13.3. The van der Waals surface area contributed by atoms with Gasteiger partial charge in [-0.1, -0.05) is 12.1 Å². The molecular formula is C12H16BrNO3S. The van der Waals surface area contributed by atoms with Gasteiger partial charge in [-0.05, 0) is 40.9 Å². The Hall–Kier alpha value is -0.590. The van der Waals surface area contributed by atoms with Crippen LogP contribution in [-0.2, 0) is 20.3 Å². The number of halogens is 1. The number of ether oxygens (including phenoxy) is 1. The summed E-state index contributed by atoms with van der Waals surface area (Å²) in [6.45, 7) is 2.33. The summed E-state index contributed by atoms with van der Waals surface area (Å²) >= 11 is 3.34. The first kappa shape index (κ1) is 13.8. The molecule has 1 aromatic rings. The minimum atomic E-state index is -3.21. The van der Waals surface area contributed by atoms with Gasteiger partial charge in [0.15, 0.2) is 9.84 Å². The number of nitrogens with two attached hydrogens (primary N) is 1. The molecule has 1 aliphatic heterocycles. The molecule has 2 atom stereocenters. The Balaban J connectivity index is 2.25. The summed E-state index contributed by atoms with van der Waals surface area (Å²) < 4.78 is 30.7. The lowest BCUT2D eigenvalue weighted by Crippen LogP contribution is -2.29. The second-order valence-corrected chi connectivity index (χ2v) is 7.54. The number of benzene rings is 1. The molecule has 1 heterocycles. The highest BCUT2D eigenvalue weighted by Crippen LogP contribution is 2.29. The van der Waals surface area contributed by atoms with Gasteiger partial charge in [-0.15, -0.1) is 0 Å². The number of hydrogen-bond donors (Lipinski definition) is 1. The highest BCUT2D eigenvalue weighted by molar-refractivity contribution is 9.10. The van der Waals surface area contributed by atoms with Gasteiger partial charge in [0.2, 0.25) is 0 Å². The van der Waals surface area contributed by atoms with Crippen LogP contribution in [0.2, 0.25) is 0 Å². The summed E-state index contributed by atoms with van der Waals surface area (Å²) in [6, 6.07) is 5.28. The van der Waals surface area contributed by atoms with Crippen LogP contribution in [0, 0.1) is 0 Å². The van der Waals surface area contributed by atoms with E-state index in [4.69, 9.17) is 10.5 Å². The first-order chi connectivity index (χ1) is 8.42. The van der Waals surface area contributed by atoms with E-state index in [0.717, 1.165) is 0 Å². The Bertz CT molecular complexity index is 544. The molecule has 1 aliphatic rings. The third-order valence-electron chi connectivity index (χ3n) is 3.23. The average Bonchev–Trinajstić information content (AvgIpc) is 2.72. The lowest BCUT2D eigenvalue weighted by Gasteiger charge is -2.16. The van der Waals surface area contributed by atoms with Gasteiger partial charge in [0.25, 0.3) is 0 Å². The highest BCUT2D eigenvalue weighted by atomic mass is 79.9. The van der Waals surface area contributed by atoms with Crippen molar-refractivity contribution in [2.24, 2.45) is 0 Å². The molecule has 1 saturated heterocycles. The smallest absolute Gasteiger partial charge is 0.159 e. The molecule has 100 valence electrons. The van der Waals surface area contributed by atoms with Crippen LogP contribution in [0.25, 0.3) is 0 Å². The molecular weight excluding hydrogens is 318 g/mol. The topological polar surface area (TPSA) is 69.4 Å². The van der Waals surface area contributed by atoms with Crippen LogP contribution < -0.4 is 5.73 Å². The second kappa shape index (κ2) is 5.19. The predicted octanol–water partition coefficient (Wildman–Crippen LogP) is 2.12. The summed E-state index contributed by atoms with van der Waals surface area (Å²) in [5.41, 5.74) is 7.01. The molecule has 0 amide bonds. The van der Waals surface area contributed by atoms with E-state index in [0.29, 0.717) is 28.8 Å². The summed E-state index contributed by atoms with van der Waals surface area (Å²) in [4.78, 5) is 0. The largest absolute Gasteiger partial charge is 0.398 e. The quantitative estimate of drug-likeness (QED) is 0.860. The van der Waals surface area contributed by atoms with Crippen molar-refractivity contribution >= 4 is 31.5 Å². The maximum atomic E-state index is 12.3. The normalized spacial score (nSPS) is 24.3. The van der Waals surface area contributed by atoms with Crippen molar-refractivity contribution in [2.75, 3.05) is 12.3 Å². The second-order valence-electron chi connectivity index (χ2n) is 4.53. The lowest BCUT2D eigenvalue weighted by atomic mass is 10.2. The van der Waals surface area contributed by atoms with Crippen LogP contribution in [0.4, 0.5) is 5.69 Å². The molecule has 2 N–H and O–H groups in total. The molecule has 0 radical (unpaired) electrons. The lowest BCUT2D eigenvalue weighted by molar-refractivity contribution is 0.126. The maximum Gasteiger partial charge on any atom is 0.159 e. The van der Waals surface area contributed by atoms with E-state index in [1.807, 2.05) is 6.92 Å². The molecule has 18 heavy (non-hydrogen) atoms. The van der Waals surface area contributed by atoms with Gasteiger partial charge < -0.3 is 10.5 Å². The number of rotatable bonds is 3. The van der Waals surface area contributed by atoms with Crippen LogP contribution in [-0.4, -0.2) is 26.4 Å². The van der Waals surface area contributed by atoms with Gasteiger partial charge in [0, 0.05) is 16.8 Å². The number of hydrogen-bond acceptors (Lipinski definition) is 4. The maximum absolute atomic E-state index is 12.3. The minimum Gasteiger partial charge on any atom is -0.398 e. The van der Waals surface area contributed by atoms with Gasteiger partial charge >= 0.3 is 0 Å². The molecule has 4 nitrogen and oxygen atoms in total. The summed E-state index contributed by atoms with van der Waals surface area (Å²) in [5.74, 6) is -0.00299. The summed E-state index contributed by atoms with van der Waals surface area (Å²) in [6.07, 6.45) is 0.346. The van der Waals surface area contributed by atoms with Crippen molar-refractivity contribution in [3.63, 3.8) is 0 Å². The van der Waals surface area contributed by atoms with Gasteiger partial charge in [-0.2, -0.15) is 0 Å². The number of nitrogen functional groups attached to an aromatic ring is 1. The van der Waals surface area contributed by atoms with Crippen molar-refractivity contribution in [1.29, 1.82) is 0 Å². The van der Waals surface area contributed by atoms with Crippen molar-refractivity contribution < 1.29 is 13.2 Å². The molecule has 0 aromatic heterocycles.